The van der Waals surface area contributed by atoms with Crippen molar-refractivity contribution in [2.24, 2.45) is 0 Å². The van der Waals surface area contributed by atoms with E-state index < -0.39 is 11.7 Å². The number of rotatable bonds is 21. The smallest absolute Gasteiger partial charge is 0.407 e. The standard InChI is InChI=1S/C30H46N4O9S/c1-22-20-24(6-7-25(22)27(36)34-28-33-21-23(2)44-28)26(35)31-8-10-38-12-14-40-16-18-42-19-17-41-15-13-39-11-9-32-29(37)43-30(3,4)5/h6-7,20-21H,8-19H2,1-5H3,(H,31,35)(H,32,37)(H,33,34,36). The van der Waals surface area contributed by atoms with Crippen LogP contribution < -0.4 is 16.0 Å². The molecule has 2 rings (SSSR count). The number of aromatic nitrogens is 1. The Bertz CT molecular complexity index is 1150. The number of aryl methyl sites for hydroxylation is 2. The van der Waals surface area contributed by atoms with E-state index in [2.05, 4.69) is 20.9 Å². The van der Waals surface area contributed by atoms with Gasteiger partial charge in [0, 0.05) is 35.3 Å². The highest BCUT2D eigenvalue weighted by molar-refractivity contribution is 7.15. The number of hydrogen-bond acceptors (Lipinski definition) is 11. The van der Waals surface area contributed by atoms with Crippen LogP contribution in [0.4, 0.5) is 9.93 Å². The fraction of sp³-hybridized carbons (Fsp3) is 0.600. The molecule has 0 saturated heterocycles. The highest BCUT2D eigenvalue weighted by Crippen LogP contribution is 2.19. The van der Waals surface area contributed by atoms with E-state index in [1.54, 1.807) is 31.3 Å². The third kappa shape index (κ3) is 16.6. The van der Waals surface area contributed by atoms with Crippen molar-refractivity contribution >= 4 is 34.4 Å². The summed E-state index contributed by atoms with van der Waals surface area (Å²) in [5.41, 5.74) is 1.13. The number of hydrogen-bond donors (Lipinski definition) is 3. The van der Waals surface area contributed by atoms with E-state index >= 15 is 0 Å². The number of anilines is 1. The lowest BCUT2D eigenvalue weighted by atomic mass is 10.0. The average Bonchev–Trinajstić information content (AvgIpc) is 3.37. The third-order valence-electron chi connectivity index (χ3n) is 5.51. The van der Waals surface area contributed by atoms with Gasteiger partial charge in [0.1, 0.15) is 5.60 Å². The van der Waals surface area contributed by atoms with Crippen molar-refractivity contribution in [3.63, 3.8) is 0 Å². The minimum absolute atomic E-state index is 0.239. The van der Waals surface area contributed by atoms with Crippen LogP contribution in [0.2, 0.25) is 0 Å². The van der Waals surface area contributed by atoms with Crippen LogP contribution in [-0.2, 0) is 28.4 Å². The molecule has 0 spiro atoms. The number of carbonyl (C=O) groups excluding carboxylic acids is 3. The molecule has 0 aliphatic heterocycles. The van der Waals surface area contributed by atoms with Gasteiger partial charge >= 0.3 is 6.09 Å². The summed E-state index contributed by atoms with van der Waals surface area (Å²) >= 11 is 1.40. The molecule has 0 aliphatic rings. The highest BCUT2D eigenvalue weighted by atomic mass is 32.1. The topological polar surface area (TPSA) is 156 Å². The van der Waals surface area contributed by atoms with Crippen LogP contribution in [-0.4, -0.2) is 108 Å². The molecule has 3 N–H and O–H groups in total. The van der Waals surface area contributed by atoms with Crippen LogP contribution in [0.25, 0.3) is 0 Å². The Morgan fingerprint density at radius 3 is 1.75 bits per heavy atom. The molecule has 0 atom stereocenters. The maximum absolute atomic E-state index is 12.5. The number of amides is 3. The summed E-state index contributed by atoms with van der Waals surface area (Å²) in [5.74, 6) is -0.502. The van der Waals surface area contributed by atoms with Crippen molar-refractivity contribution in [1.29, 1.82) is 0 Å². The van der Waals surface area contributed by atoms with Gasteiger partial charge in [0.05, 0.1) is 66.1 Å². The fourth-order valence-corrected chi connectivity index (χ4v) is 4.16. The Balaban J connectivity index is 1.38. The van der Waals surface area contributed by atoms with Crippen molar-refractivity contribution in [3.8, 4) is 0 Å². The molecule has 2 aromatic rings. The number of ether oxygens (including phenoxy) is 6. The molecule has 0 fully saturated rings. The largest absolute Gasteiger partial charge is 0.444 e. The molecule has 3 amide bonds. The number of nitrogens with one attached hydrogen (secondary N) is 3. The molecule has 0 saturated carbocycles. The van der Waals surface area contributed by atoms with E-state index in [0.29, 0.717) is 101 Å². The van der Waals surface area contributed by atoms with Crippen molar-refractivity contribution in [3.05, 3.63) is 46.0 Å². The first-order valence-corrected chi connectivity index (χ1v) is 15.3. The molecule has 246 valence electrons. The Labute approximate surface area is 263 Å². The zero-order chi connectivity index (χ0) is 32.2. The van der Waals surface area contributed by atoms with Crippen LogP contribution in [0.15, 0.2) is 24.4 Å². The van der Waals surface area contributed by atoms with Crippen molar-refractivity contribution in [1.82, 2.24) is 15.6 Å². The minimum Gasteiger partial charge on any atom is -0.444 e. The van der Waals surface area contributed by atoms with Crippen LogP contribution >= 0.6 is 11.3 Å². The number of benzene rings is 1. The monoisotopic (exact) mass is 638 g/mol. The quantitative estimate of drug-likeness (QED) is 0.173. The van der Waals surface area contributed by atoms with Crippen molar-refractivity contribution in [2.75, 3.05) is 84.5 Å². The zero-order valence-electron chi connectivity index (χ0n) is 26.3. The Kier molecular flexibility index (Phi) is 17.5. The van der Waals surface area contributed by atoms with Gasteiger partial charge in [-0.2, -0.15) is 0 Å². The predicted molar refractivity (Wildman–Crippen MR) is 167 cm³/mol. The SMILES string of the molecule is Cc1cnc(NC(=O)c2ccc(C(=O)NCCOCCOCCOCCOCCOCCNC(=O)OC(C)(C)C)cc2C)s1. The van der Waals surface area contributed by atoms with E-state index in [0.717, 1.165) is 4.88 Å². The van der Waals surface area contributed by atoms with Gasteiger partial charge < -0.3 is 39.1 Å². The average molecular weight is 639 g/mol. The zero-order valence-corrected chi connectivity index (χ0v) is 27.1. The van der Waals surface area contributed by atoms with Gasteiger partial charge in [-0.15, -0.1) is 11.3 Å². The first-order chi connectivity index (χ1) is 21.0. The number of alkyl carbamates (subject to hydrolysis) is 1. The maximum atomic E-state index is 12.5. The number of nitrogens with zero attached hydrogens (tertiary/aromatic N) is 1. The van der Waals surface area contributed by atoms with Gasteiger partial charge in [-0.05, 0) is 58.4 Å². The summed E-state index contributed by atoms with van der Waals surface area (Å²) in [6.45, 7) is 14.0. The summed E-state index contributed by atoms with van der Waals surface area (Å²) in [6.07, 6.45) is 1.24. The van der Waals surface area contributed by atoms with Gasteiger partial charge in [0.15, 0.2) is 5.13 Å². The van der Waals surface area contributed by atoms with E-state index in [9.17, 15) is 14.4 Å². The Morgan fingerprint density at radius 1 is 0.750 bits per heavy atom. The molecule has 0 bridgehead atoms. The second kappa shape index (κ2) is 20.7. The van der Waals surface area contributed by atoms with Crippen molar-refractivity contribution in [2.45, 2.75) is 40.2 Å². The molecular formula is C30H46N4O9S. The van der Waals surface area contributed by atoms with Gasteiger partial charge in [0.2, 0.25) is 0 Å². The van der Waals surface area contributed by atoms with E-state index in [1.165, 1.54) is 11.3 Å². The lowest BCUT2D eigenvalue weighted by molar-refractivity contribution is -0.0107. The lowest BCUT2D eigenvalue weighted by Crippen LogP contribution is -2.34. The van der Waals surface area contributed by atoms with Gasteiger partial charge in [0.25, 0.3) is 11.8 Å². The molecule has 1 heterocycles. The maximum Gasteiger partial charge on any atom is 0.407 e. The van der Waals surface area contributed by atoms with Gasteiger partial charge in [-0.25, -0.2) is 9.78 Å². The molecular weight excluding hydrogens is 592 g/mol. The van der Waals surface area contributed by atoms with Crippen LogP contribution in [0.1, 0.15) is 51.9 Å². The molecule has 0 unspecified atom stereocenters. The first kappa shape index (κ1) is 37.0. The second-order valence-corrected chi connectivity index (χ2v) is 11.7. The third-order valence-corrected chi connectivity index (χ3v) is 6.34. The number of carbonyl (C=O) groups is 3. The molecule has 44 heavy (non-hydrogen) atoms. The summed E-state index contributed by atoms with van der Waals surface area (Å²) in [5, 5.41) is 8.74. The Morgan fingerprint density at radius 2 is 1.27 bits per heavy atom. The molecule has 13 nitrogen and oxygen atoms in total. The highest BCUT2D eigenvalue weighted by Gasteiger charge is 2.16. The van der Waals surface area contributed by atoms with E-state index in [-0.39, 0.29) is 11.8 Å². The van der Waals surface area contributed by atoms with Crippen LogP contribution in [0.5, 0.6) is 0 Å². The number of thiazole rings is 1. The van der Waals surface area contributed by atoms with Crippen LogP contribution in [0, 0.1) is 13.8 Å². The van der Waals surface area contributed by atoms with E-state index in [1.807, 2.05) is 27.7 Å². The summed E-state index contributed by atoms with van der Waals surface area (Å²) < 4.78 is 32.3. The molecule has 1 aromatic carbocycles. The second-order valence-electron chi connectivity index (χ2n) is 10.5. The lowest BCUT2D eigenvalue weighted by Gasteiger charge is -2.19. The van der Waals surface area contributed by atoms with Gasteiger partial charge in [-0.3, -0.25) is 14.9 Å². The van der Waals surface area contributed by atoms with Gasteiger partial charge in [-0.1, -0.05) is 0 Å². The van der Waals surface area contributed by atoms with Crippen molar-refractivity contribution < 1.29 is 42.8 Å². The minimum atomic E-state index is -0.522. The first-order valence-electron chi connectivity index (χ1n) is 14.5. The predicted octanol–water partition coefficient (Wildman–Crippen LogP) is 3.35. The normalized spacial score (nSPS) is 11.3. The summed E-state index contributed by atoms with van der Waals surface area (Å²) in [4.78, 5) is 41.6. The molecule has 1 aromatic heterocycles. The summed E-state index contributed by atoms with van der Waals surface area (Å²) in [7, 11) is 0. The molecule has 0 aliphatic carbocycles. The summed E-state index contributed by atoms with van der Waals surface area (Å²) in [6, 6.07) is 4.95. The molecule has 14 heteroatoms. The molecule has 0 radical (unpaired) electrons. The fourth-order valence-electron chi connectivity index (χ4n) is 3.50. The van der Waals surface area contributed by atoms with E-state index in [4.69, 9.17) is 28.4 Å². The van der Waals surface area contributed by atoms with Crippen LogP contribution in [0.3, 0.4) is 0 Å². The Hall–Kier alpha value is -3.14.